The maximum absolute atomic E-state index is 13.7. The number of nitrogens with zero attached hydrogens (tertiary/aromatic N) is 1. The van der Waals surface area contributed by atoms with Crippen LogP contribution in [0.15, 0.2) is 83.9 Å². The van der Waals surface area contributed by atoms with Gasteiger partial charge < -0.3 is 38.9 Å². The number of hydrogen-bond donors (Lipinski definition) is 7. The summed E-state index contributed by atoms with van der Waals surface area (Å²) in [4.78, 5) is 56.5. The number of primary amides is 1. The van der Waals surface area contributed by atoms with Crippen LogP contribution >= 0.6 is 0 Å². The molecular weight excluding hydrogens is 617 g/mol. The first-order valence-electron chi connectivity index (χ1n) is 14.6. The lowest BCUT2D eigenvalue weighted by atomic mass is 10.0. The quantitative estimate of drug-likeness (QED) is 0.0732. The van der Waals surface area contributed by atoms with Crippen LogP contribution in [0.2, 0.25) is 0 Å². The molecule has 0 saturated carbocycles. The molecule has 0 aliphatic rings. The molecule has 0 heterocycles. The van der Waals surface area contributed by atoms with Gasteiger partial charge in [0.15, 0.2) is 5.96 Å². The molecule has 15 heteroatoms. The van der Waals surface area contributed by atoms with E-state index in [9.17, 15) is 32.3 Å². The van der Waals surface area contributed by atoms with Gasteiger partial charge in [-0.05, 0) is 73.3 Å². The second kappa shape index (κ2) is 16.7. The van der Waals surface area contributed by atoms with Gasteiger partial charge in [0.25, 0.3) is 5.91 Å². The summed E-state index contributed by atoms with van der Waals surface area (Å²) in [6, 6.07) is 14.6. The number of guanidine groups is 1. The van der Waals surface area contributed by atoms with Crippen molar-refractivity contribution in [1.29, 1.82) is 0 Å². The highest BCUT2D eigenvalue weighted by Crippen LogP contribution is 2.29. The average Bonchev–Trinajstić information content (AvgIpc) is 3.03. The largest absolute Gasteiger partial charge is 0.416 e. The van der Waals surface area contributed by atoms with E-state index in [1.807, 2.05) is 0 Å². The molecule has 0 aliphatic heterocycles. The zero-order chi connectivity index (χ0) is 34.6. The first-order chi connectivity index (χ1) is 22.3. The molecule has 0 saturated heterocycles. The Hall–Kier alpha value is -5.44. The Morgan fingerprint density at radius 2 is 1.36 bits per heavy atom. The third-order valence-corrected chi connectivity index (χ3v) is 7.01. The lowest BCUT2D eigenvalue weighted by molar-refractivity contribution is -0.137. The number of rotatable bonds is 15. The molecule has 47 heavy (non-hydrogen) atoms. The summed E-state index contributed by atoms with van der Waals surface area (Å²) in [5.74, 6) is -3.26. The maximum atomic E-state index is 13.7. The van der Waals surface area contributed by atoms with Crippen molar-refractivity contribution < 1.29 is 32.3 Å². The van der Waals surface area contributed by atoms with Crippen molar-refractivity contribution in [2.24, 2.45) is 27.9 Å². The fourth-order valence-corrected chi connectivity index (χ4v) is 4.59. The number of halogens is 3. The van der Waals surface area contributed by atoms with Crippen molar-refractivity contribution in [3.8, 4) is 0 Å². The molecule has 3 aromatic rings. The Kier molecular flexibility index (Phi) is 12.8. The molecule has 0 bridgehead atoms. The van der Waals surface area contributed by atoms with Crippen LogP contribution in [0, 0.1) is 0 Å². The number of aliphatic imine (C=N–C) groups is 1. The van der Waals surface area contributed by atoms with Gasteiger partial charge in [0.1, 0.15) is 18.1 Å². The Bertz CT molecular complexity index is 1550. The number of carbonyl (C=O) groups is 4. The molecule has 3 aromatic carbocycles. The highest BCUT2D eigenvalue weighted by molar-refractivity contribution is 5.99. The topological polar surface area (TPSA) is 221 Å². The van der Waals surface area contributed by atoms with E-state index in [0.717, 1.165) is 24.3 Å². The van der Waals surface area contributed by atoms with Gasteiger partial charge >= 0.3 is 6.18 Å². The van der Waals surface area contributed by atoms with Gasteiger partial charge in [-0.1, -0.05) is 42.5 Å². The van der Waals surface area contributed by atoms with Crippen LogP contribution in [0.25, 0.3) is 0 Å². The molecule has 3 rings (SSSR count). The zero-order valence-electron chi connectivity index (χ0n) is 25.3. The van der Waals surface area contributed by atoms with E-state index in [4.69, 9.17) is 22.9 Å². The zero-order valence-corrected chi connectivity index (χ0v) is 25.3. The van der Waals surface area contributed by atoms with Gasteiger partial charge in [0.2, 0.25) is 17.7 Å². The molecule has 250 valence electrons. The maximum Gasteiger partial charge on any atom is 0.416 e. The van der Waals surface area contributed by atoms with Gasteiger partial charge in [0, 0.05) is 12.0 Å². The van der Waals surface area contributed by atoms with E-state index in [2.05, 4.69) is 20.9 Å². The molecule has 0 spiro atoms. The van der Waals surface area contributed by atoms with Crippen LogP contribution in [-0.4, -0.2) is 48.2 Å². The molecule has 0 unspecified atom stereocenters. The van der Waals surface area contributed by atoms with E-state index in [-0.39, 0.29) is 24.4 Å². The average molecular weight is 655 g/mol. The molecule has 0 radical (unpaired) electrons. The van der Waals surface area contributed by atoms with Gasteiger partial charge in [0.05, 0.1) is 11.3 Å². The SMILES string of the molecule is NCCCC[C@H](NC(=O)[C@H](Cc1ccc(N=C(N)N)cc1)NC(=O)c1ccc(C(F)(F)F)cc1)C(=O)N[C@H](C(N)=O)c1ccccc1. The van der Waals surface area contributed by atoms with Gasteiger partial charge in [-0.25, -0.2) is 4.99 Å². The molecule has 11 N–H and O–H groups in total. The Morgan fingerprint density at radius 3 is 1.91 bits per heavy atom. The summed E-state index contributed by atoms with van der Waals surface area (Å²) in [7, 11) is 0. The Labute approximate surface area is 269 Å². The summed E-state index contributed by atoms with van der Waals surface area (Å²) in [6.07, 6.45) is -3.56. The number of benzene rings is 3. The Balaban J connectivity index is 1.88. The standard InChI is InChI=1S/C32H37F3N8O4/c33-32(34,35)22-13-11-21(12-14-22)28(45)42-25(18-19-9-15-23(16-10-19)40-31(38)39)30(47)41-24(8-4-5-17-36)29(46)43-26(27(37)44)20-6-2-1-3-7-20/h1-3,6-7,9-16,24-26H,4-5,8,17-18,36H2,(H2,37,44)(H,41,47)(H,42,45)(H,43,46)(H4,38,39,40)/t24-,25-,26-/m0/s1. The predicted octanol–water partition coefficient (Wildman–Crippen LogP) is 1.91. The van der Waals surface area contributed by atoms with Crippen molar-refractivity contribution in [1.82, 2.24) is 16.0 Å². The summed E-state index contributed by atoms with van der Waals surface area (Å²) >= 11 is 0. The molecule has 0 aromatic heterocycles. The smallest absolute Gasteiger partial charge is 0.370 e. The second-order valence-electron chi connectivity index (χ2n) is 10.6. The highest BCUT2D eigenvalue weighted by atomic mass is 19.4. The van der Waals surface area contributed by atoms with Crippen molar-refractivity contribution in [2.45, 2.75) is 50.0 Å². The molecule has 4 amide bonds. The van der Waals surface area contributed by atoms with Crippen LogP contribution in [-0.2, 0) is 27.0 Å². The van der Waals surface area contributed by atoms with Gasteiger partial charge in [-0.3, -0.25) is 19.2 Å². The molecule has 12 nitrogen and oxygen atoms in total. The molecule has 0 aliphatic carbocycles. The van der Waals surface area contributed by atoms with Gasteiger partial charge in [-0.2, -0.15) is 13.2 Å². The number of nitrogens with one attached hydrogen (secondary N) is 3. The van der Waals surface area contributed by atoms with Crippen LogP contribution in [0.4, 0.5) is 18.9 Å². The second-order valence-corrected chi connectivity index (χ2v) is 10.6. The predicted molar refractivity (Wildman–Crippen MR) is 170 cm³/mol. The van der Waals surface area contributed by atoms with Crippen molar-refractivity contribution in [3.05, 3.63) is 101 Å². The van der Waals surface area contributed by atoms with Crippen molar-refractivity contribution in [2.75, 3.05) is 6.54 Å². The fourth-order valence-electron chi connectivity index (χ4n) is 4.59. The number of hydrogen-bond acceptors (Lipinski definition) is 6. The molecule has 3 atom stereocenters. The van der Waals surface area contributed by atoms with Crippen LogP contribution in [0.1, 0.15) is 52.4 Å². The minimum absolute atomic E-state index is 0.0780. The van der Waals surface area contributed by atoms with Crippen LogP contribution in [0.5, 0.6) is 0 Å². The van der Waals surface area contributed by atoms with E-state index >= 15 is 0 Å². The lowest BCUT2D eigenvalue weighted by Gasteiger charge is -2.25. The fraction of sp³-hybridized carbons (Fsp3) is 0.281. The molecular formula is C32H37F3N8O4. The van der Waals surface area contributed by atoms with Crippen molar-refractivity contribution >= 4 is 35.3 Å². The first kappa shape index (κ1) is 36.0. The Morgan fingerprint density at radius 1 is 0.745 bits per heavy atom. The van der Waals surface area contributed by atoms with E-state index in [1.54, 1.807) is 54.6 Å². The normalized spacial score (nSPS) is 13.0. The third-order valence-electron chi connectivity index (χ3n) is 7.01. The first-order valence-corrected chi connectivity index (χ1v) is 14.6. The third kappa shape index (κ3) is 11.1. The molecule has 0 fully saturated rings. The number of unbranched alkanes of at least 4 members (excludes halogenated alkanes) is 1. The van der Waals surface area contributed by atoms with E-state index < -0.39 is 53.5 Å². The lowest BCUT2D eigenvalue weighted by Crippen LogP contribution is -2.55. The van der Waals surface area contributed by atoms with Crippen molar-refractivity contribution in [3.63, 3.8) is 0 Å². The van der Waals surface area contributed by atoms with Gasteiger partial charge in [-0.15, -0.1) is 0 Å². The number of nitrogens with two attached hydrogens (primary N) is 4. The van der Waals surface area contributed by atoms with Crippen LogP contribution < -0.4 is 38.9 Å². The minimum atomic E-state index is -4.60. The minimum Gasteiger partial charge on any atom is -0.370 e. The number of carbonyl (C=O) groups excluding carboxylic acids is 4. The number of amides is 4. The summed E-state index contributed by atoms with van der Waals surface area (Å²) < 4.78 is 39.2. The summed E-state index contributed by atoms with van der Waals surface area (Å²) in [6.45, 7) is 0.331. The summed E-state index contributed by atoms with van der Waals surface area (Å²) in [5, 5.41) is 7.80. The van der Waals surface area contributed by atoms with Crippen LogP contribution in [0.3, 0.4) is 0 Å². The monoisotopic (exact) mass is 654 g/mol. The number of alkyl halides is 3. The summed E-state index contributed by atoms with van der Waals surface area (Å²) in [5.41, 5.74) is 22.4. The van der Waals surface area contributed by atoms with E-state index in [1.165, 1.54) is 0 Å². The highest BCUT2D eigenvalue weighted by Gasteiger charge is 2.32. The van der Waals surface area contributed by atoms with E-state index in [0.29, 0.717) is 36.2 Å².